The van der Waals surface area contributed by atoms with Crippen LogP contribution in [0.1, 0.15) is 32.1 Å². The molecule has 4 heteroatoms. The first-order valence-electron chi connectivity index (χ1n) is 4.90. The molecule has 74 valence electrons. The Hall–Kier alpha value is -0.510. The van der Waals surface area contributed by atoms with Crippen molar-refractivity contribution in [2.45, 2.75) is 43.9 Å². The second kappa shape index (κ2) is 3.01. The van der Waals surface area contributed by atoms with E-state index in [2.05, 4.69) is 10.9 Å². The summed E-state index contributed by atoms with van der Waals surface area (Å²) in [6, 6.07) is 0.520. The zero-order valence-corrected chi connectivity index (χ0v) is 7.55. The lowest BCUT2D eigenvalue weighted by Crippen LogP contribution is -2.61. The summed E-state index contributed by atoms with van der Waals surface area (Å²) in [6.45, 7) is 0. The fourth-order valence-electron chi connectivity index (χ4n) is 3.50. The van der Waals surface area contributed by atoms with Crippen LogP contribution < -0.4 is 5.32 Å². The van der Waals surface area contributed by atoms with Crippen LogP contribution in [0.3, 0.4) is 0 Å². The summed E-state index contributed by atoms with van der Waals surface area (Å²) in [5, 5.41) is 3.12. The molecular formula is C9H15FN2O. The van der Waals surface area contributed by atoms with Gasteiger partial charge < -0.3 is 0 Å². The van der Waals surface area contributed by atoms with Crippen LogP contribution in [0.5, 0.6) is 0 Å². The normalized spacial score (nSPS) is 51.3. The second-order valence-electron chi connectivity index (χ2n) is 4.65. The first-order chi connectivity index (χ1) is 6.23. The minimum absolute atomic E-state index is 0.520. The van der Waals surface area contributed by atoms with E-state index in [0.717, 1.165) is 12.8 Å². The SMILES string of the molecule is FC12CC3CC(CC(C3)N1)C2.N=O. The summed E-state index contributed by atoms with van der Waals surface area (Å²) in [6.07, 6.45) is 5.37. The topological polar surface area (TPSA) is 53.0 Å². The molecule has 0 amide bonds. The Bertz CT molecular complexity index is 175. The third-order valence-electron chi connectivity index (χ3n) is 3.59. The van der Waals surface area contributed by atoms with Gasteiger partial charge in [0.05, 0.1) is 0 Å². The lowest BCUT2D eigenvalue weighted by atomic mass is 9.64. The van der Waals surface area contributed by atoms with Crippen molar-refractivity contribution in [3.05, 3.63) is 4.91 Å². The summed E-state index contributed by atoms with van der Waals surface area (Å²) in [5.41, 5.74) is 4.50. The third kappa shape index (κ3) is 1.47. The van der Waals surface area contributed by atoms with Crippen molar-refractivity contribution in [3.8, 4) is 0 Å². The zero-order valence-electron chi connectivity index (χ0n) is 7.55. The molecule has 4 aliphatic rings. The number of hydrogen-bond acceptors (Lipinski definition) is 3. The average Bonchev–Trinajstić information content (AvgIpc) is 2.02. The van der Waals surface area contributed by atoms with Crippen LogP contribution in [0.4, 0.5) is 4.39 Å². The molecule has 2 saturated carbocycles. The fourth-order valence-corrected chi connectivity index (χ4v) is 3.50. The molecule has 3 nitrogen and oxygen atoms in total. The molecule has 0 aromatic heterocycles. The van der Waals surface area contributed by atoms with Gasteiger partial charge in [0.2, 0.25) is 0 Å². The maximum Gasteiger partial charge on any atom is 0.162 e. The zero-order chi connectivity index (χ0) is 9.47. The molecule has 2 unspecified atom stereocenters. The number of hydrogen-bond donors (Lipinski definition) is 2. The van der Waals surface area contributed by atoms with Gasteiger partial charge in [0.15, 0.2) is 5.79 Å². The number of rotatable bonds is 0. The molecule has 4 bridgehead atoms. The number of alkyl halides is 1. The van der Waals surface area contributed by atoms with Gasteiger partial charge in [-0.05, 0) is 43.9 Å². The van der Waals surface area contributed by atoms with Crippen LogP contribution in [0.15, 0.2) is 0 Å². The van der Waals surface area contributed by atoms with Gasteiger partial charge in [-0.1, -0.05) is 5.59 Å². The summed E-state index contributed by atoms with van der Waals surface area (Å²) in [7, 11) is 0. The Kier molecular flexibility index (Phi) is 2.10. The van der Waals surface area contributed by atoms with Gasteiger partial charge >= 0.3 is 0 Å². The molecule has 2 heterocycles. The van der Waals surface area contributed by atoms with Gasteiger partial charge in [-0.3, -0.25) is 5.32 Å². The van der Waals surface area contributed by atoms with E-state index in [4.69, 9.17) is 4.91 Å². The minimum atomic E-state index is -0.950. The van der Waals surface area contributed by atoms with Crippen molar-refractivity contribution in [1.29, 1.82) is 5.59 Å². The molecule has 0 spiro atoms. The largest absolute Gasteiger partial charge is 0.282 e. The van der Waals surface area contributed by atoms with Crippen LogP contribution in [0.25, 0.3) is 0 Å². The van der Waals surface area contributed by atoms with E-state index in [1.54, 1.807) is 0 Å². The van der Waals surface area contributed by atoms with Gasteiger partial charge in [0.1, 0.15) is 0 Å². The van der Waals surface area contributed by atoms with Gasteiger partial charge in [0.25, 0.3) is 0 Å². The maximum atomic E-state index is 13.8. The van der Waals surface area contributed by atoms with E-state index < -0.39 is 5.79 Å². The van der Waals surface area contributed by atoms with Crippen LogP contribution in [-0.4, -0.2) is 11.8 Å². The highest BCUT2D eigenvalue weighted by molar-refractivity contribution is 5.02. The highest BCUT2D eigenvalue weighted by atomic mass is 19.1. The molecule has 0 aromatic rings. The molecule has 2 aliphatic heterocycles. The Morgan fingerprint density at radius 1 is 1.15 bits per heavy atom. The van der Waals surface area contributed by atoms with E-state index in [1.165, 1.54) is 19.3 Å². The van der Waals surface area contributed by atoms with Crippen molar-refractivity contribution in [2.24, 2.45) is 11.8 Å². The predicted molar refractivity (Wildman–Crippen MR) is 46.9 cm³/mol. The van der Waals surface area contributed by atoms with Crippen molar-refractivity contribution >= 4 is 0 Å². The van der Waals surface area contributed by atoms with Gasteiger partial charge in [-0.25, -0.2) is 4.39 Å². The summed E-state index contributed by atoms with van der Waals surface area (Å²) in [4.78, 5) is 7.50. The van der Waals surface area contributed by atoms with Crippen molar-refractivity contribution < 1.29 is 4.39 Å². The molecular weight excluding hydrogens is 171 g/mol. The Balaban J connectivity index is 0.000000308. The molecule has 4 rings (SSSR count). The fraction of sp³-hybridized carbons (Fsp3) is 1.00. The van der Waals surface area contributed by atoms with Gasteiger partial charge in [-0.15, -0.1) is 0 Å². The Morgan fingerprint density at radius 3 is 2.08 bits per heavy atom. The minimum Gasteiger partial charge on any atom is -0.282 e. The predicted octanol–water partition coefficient (Wildman–Crippen LogP) is 2.17. The van der Waals surface area contributed by atoms with E-state index in [-0.39, 0.29) is 0 Å². The quantitative estimate of drug-likeness (QED) is 0.450. The monoisotopic (exact) mass is 186 g/mol. The van der Waals surface area contributed by atoms with Crippen molar-refractivity contribution in [2.75, 3.05) is 0 Å². The molecule has 2 N–H and O–H groups in total. The Morgan fingerprint density at radius 2 is 1.69 bits per heavy atom. The van der Waals surface area contributed by atoms with Crippen LogP contribution in [0, 0.1) is 22.3 Å². The van der Waals surface area contributed by atoms with Gasteiger partial charge in [-0.2, -0.15) is 4.91 Å². The van der Waals surface area contributed by atoms with Crippen LogP contribution in [-0.2, 0) is 0 Å². The molecule has 2 aliphatic carbocycles. The number of nitrogens with one attached hydrogen (secondary N) is 2. The molecule has 13 heavy (non-hydrogen) atoms. The molecule has 4 fully saturated rings. The summed E-state index contributed by atoms with van der Waals surface area (Å²) in [5.74, 6) is 0.465. The lowest BCUT2D eigenvalue weighted by molar-refractivity contribution is -0.0790. The molecule has 0 aromatic carbocycles. The molecule has 2 saturated heterocycles. The van der Waals surface area contributed by atoms with Crippen molar-refractivity contribution in [1.82, 2.24) is 5.32 Å². The van der Waals surface area contributed by atoms with Crippen LogP contribution in [0.2, 0.25) is 0 Å². The number of piperidine rings is 2. The molecule has 2 atom stereocenters. The van der Waals surface area contributed by atoms with E-state index in [9.17, 15) is 4.39 Å². The standard InChI is InChI=1S/C9H14FN.HNO/c10-9-4-6-1-7(5-9)3-8(2-6)11-9;1-2/h6-8,11H,1-5H2;1H. The van der Waals surface area contributed by atoms with E-state index >= 15 is 0 Å². The number of halogens is 1. The van der Waals surface area contributed by atoms with Gasteiger partial charge in [0, 0.05) is 6.04 Å². The molecule has 0 radical (unpaired) electrons. The second-order valence-corrected chi connectivity index (χ2v) is 4.65. The van der Waals surface area contributed by atoms with Crippen molar-refractivity contribution in [3.63, 3.8) is 0 Å². The summed E-state index contributed by atoms with van der Waals surface area (Å²) >= 11 is 0. The smallest absolute Gasteiger partial charge is 0.162 e. The van der Waals surface area contributed by atoms with E-state index in [0.29, 0.717) is 17.9 Å². The highest BCUT2D eigenvalue weighted by Crippen LogP contribution is 2.49. The Labute approximate surface area is 76.8 Å². The van der Waals surface area contributed by atoms with E-state index in [1.807, 2.05) is 0 Å². The maximum absolute atomic E-state index is 13.8. The number of nitroso groups, excluding NO2 is 1. The average molecular weight is 186 g/mol. The first kappa shape index (κ1) is 9.06. The summed E-state index contributed by atoms with van der Waals surface area (Å²) < 4.78 is 13.8. The lowest BCUT2D eigenvalue weighted by Gasteiger charge is -2.53. The van der Waals surface area contributed by atoms with Crippen LogP contribution >= 0.6 is 0 Å². The first-order valence-corrected chi connectivity index (χ1v) is 4.90. The highest BCUT2D eigenvalue weighted by Gasteiger charge is 2.50. The third-order valence-corrected chi connectivity index (χ3v) is 3.59.